The number of nitrogens with one attached hydrogen (secondary N) is 1. The fourth-order valence-electron chi connectivity index (χ4n) is 1.30. The Balaban J connectivity index is 2.57. The molecule has 98 valence electrons. The molecular formula is C14H16N3O2+. The first-order valence-electron chi connectivity index (χ1n) is 5.68. The number of allylic oxidation sites excluding steroid dienone is 2. The molecule has 0 aliphatic rings. The Labute approximate surface area is 111 Å². The zero-order valence-electron chi connectivity index (χ0n) is 10.6. The zero-order chi connectivity index (χ0) is 14.3. The maximum absolute atomic E-state index is 11.5. The highest BCUT2D eigenvalue weighted by Gasteiger charge is 2.13. The summed E-state index contributed by atoms with van der Waals surface area (Å²) in [5.74, 6) is -1.35. The Kier molecular flexibility index (Phi) is 5.37. The van der Waals surface area contributed by atoms with E-state index in [0.717, 1.165) is 23.5 Å². The SMILES string of the molecule is Cc1ccc([NH2+]C=CC(=O)C(=N)C(=O)C=CN)cc1. The van der Waals surface area contributed by atoms with Crippen LogP contribution in [-0.4, -0.2) is 17.3 Å². The Morgan fingerprint density at radius 1 is 1.16 bits per heavy atom. The van der Waals surface area contributed by atoms with Gasteiger partial charge in [-0.25, -0.2) is 0 Å². The van der Waals surface area contributed by atoms with Gasteiger partial charge in [-0.15, -0.1) is 0 Å². The minimum Gasteiger partial charge on any atom is -0.404 e. The highest BCUT2D eigenvalue weighted by Crippen LogP contribution is 2.01. The molecule has 0 bridgehead atoms. The lowest BCUT2D eigenvalue weighted by molar-refractivity contribution is -0.496. The largest absolute Gasteiger partial charge is 0.404 e. The van der Waals surface area contributed by atoms with Crippen LogP contribution in [0.25, 0.3) is 0 Å². The molecule has 1 aromatic carbocycles. The van der Waals surface area contributed by atoms with Crippen LogP contribution in [0.4, 0.5) is 5.69 Å². The number of nitrogens with two attached hydrogens (primary N) is 2. The first-order chi connectivity index (χ1) is 9.04. The molecular weight excluding hydrogens is 242 g/mol. The van der Waals surface area contributed by atoms with Crippen LogP contribution in [-0.2, 0) is 9.59 Å². The summed E-state index contributed by atoms with van der Waals surface area (Å²) >= 11 is 0. The van der Waals surface area contributed by atoms with Crippen LogP contribution in [0, 0.1) is 12.3 Å². The van der Waals surface area contributed by atoms with Crippen molar-refractivity contribution in [2.45, 2.75) is 6.92 Å². The number of aryl methyl sites for hydroxylation is 1. The predicted molar refractivity (Wildman–Crippen MR) is 73.0 cm³/mol. The highest BCUT2D eigenvalue weighted by atomic mass is 16.1. The third-order valence-corrected chi connectivity index (χ3v) is 2.35. The minimum absolute atomic E-state index is 0.602. The van der Waals surface area contributed by atoms with E-state index in [9.17, 15) is 9.59 Å². The smallest absolute Gasteiger partial charge is 0.212 e. The van der Waals surface area contributed by atoms with Gasteiger partial charge in [0.15, 0.2) is 0 Å². The van der Waals surface area contributed by atoms with E-state index in [4.69, 9.17) is 11.1 Å². The van der Waals surface area contributed by atoms with Crippen molar-refractivity contribution in [1.82, 2.24) is 0 Å². The van der Waals surface area contributed by atoms with Gasteiger partial charge in [0, 0.05) is 12.2 Å². The van der Waals surface area contributed by atoms with Gasteiger partial charge in [0.25, 0.3) is 0 Å². The van der Waals surface area contributed by atoms with E-state index in [2.05, 4.69) is 0 Å². The van der Waals surface area contributed by atoms with Crippen molar-refractivity contribution >= 4 is 23.0 Å². The average molecular weight is 258 g/mol. The normalized spacial score (nSPS) is 11.0. The second-order valence-corrected chi connectivity index (χ2v) is 3.90. The topological polar surface area (TPSA) is 101 Å². The molecule has 5 nitrogen and oxygen atoms in total. The average Bonchev–Trinajstić information content (AvgIpc) is 2.40. The number of rotatable bonds is 6. The van der Waals surface area contributed by atoms with Crippen LogP contribution in [0.15, 0.2) is 48.8 Å². The van der Waals surface area contributed by atoms with Crippen LogP contribution in [0.1, 0.15) is 5.56 Å². The van der Waals surface area contributed by atoms with Crippen molar-refractivity contribution in [2.24, 2.45) is 5.73 Å². The van der Waals surface area contributed by atoms with Crippen LogP contribution in [0.5, 0.6) is 0 Å². The van der Waals surface area contributed by atoms with Gasteiger partial charge in [0.05, 0.1) is 0 Å². The van der Waals surface area contributed by atoms with Crippen molar-refractivity contribution in [3.63, 3.8) is 0 Å². The number of ketones is 2. The van der Waals surface area contributed by atoms with Gasteiger partial charge in [-0.2, -0.15) is 0 Å². The third kappa shape index (κ3) is 4.69. The Morgan fingerprint density at radius 2 is 1.74 bits per heavy atom. The van der Waals surface area contributed by atoms with Gasteiger partial charge in [-0.05, 0) is 25.3 Å². The van der Waals surface area contributed by atoms with Crippen LogP contribution in [0.2, 0.25) is 0 Å². The third-order valence-electron chi connectivity index (χ3n) is 2.35. The molecule has 0 atom stereocenters. The molecule has 19 heavy (non-hydrogen) atoms. The quantitative estimate of drug-likeness (QED) is 0.297. The summed E-state index contributed by atoms with van der Waals surface area (Å²) in [4.78, 5) is 22.7. The maximum atomic E-state index is 11.5. The zero-order valence-corrected chi connectivity index (χ0v) is 10.6. The summed E-state index contributed by atoms with van der Waals surface area (Å²) in [5, 5.41) is 9.07. The maximum Gasteiger partial charge on any atom is 0.212 e. The summed E-state index contributed by atoms with van der Waals surface area (Å²) < 4.78 is 0. The highest BCUT2D eigenvalue weighted by molar-refractivity contribution is 6.69. The molecule has 5 heteroatoms. The van der Waals surface area contributed by atoms with Crippen molar-refractivity contribution in [2.75, 3.05) is 0 Å². The lowest BCUT2D eigenvalue weighted by Crippen LogP contribution is -2.71. The molecule has 1 aromatic rings. The van der Waals surface area contributed by atoms with Gasteiger partial charge in [-0.1, -0.05) is 17.7 Å². The molecule has 0 amide bonds. The Bertz CT molecular complexity index is 542. The standard InChI is InChI=1S/C14H15N3O2/c1-10-2-4-11(5-3-10)17-9-7-13(19)14(16)12(18)6-8-15/h2-9,16-17H,15H2,1H3/p+1. The molecule has 1 rings (SSSR count). The van der Waals surface area contributed by atoms with Crippen molar-refractivity contribution in [1.29, 1.82) is 5.41 Å². The first kappa shape index (κ1) is 14.5. The number of carbonyl (C=O) groups excluding carboxylic acids is 2. The molecule has 0 unspecified atom stereocenters. The van der Waals surface area contributed by atoms with E-state index < -0.39 is 17.3 Å². The van der Waals surface area contributed by atoms with E-state index in [1.165, 1.54) is 12.3 Å². The summed E-state index contributed by atoms with van der Waals surface area (Å²) in [6.45, 7) is 1.99. The number of carbonyl (C=O) groups is 2. The number of benzene rings is 1. The summed E-state index contributed by atoms with van der Waals surface area (Å²) in [6.07, 6.45) is 4.69. The molecule has 0 aliphatic heterocycles. The van der Waals surface area contributed by atoms with Crippen LogP contribution < -0.4 is 11.1 Å². The molecule has 5 N–H and O–H groups in total. The van der Waals surface area contributed by atoms with Crippen molar-refractivity contribution in [3.05, 3.63) is 54.4 Å². The van der Waals surface area contributed by atoms with E-state index in [1.807, 2.05) is 31.2 Å². The van der Waals surface area contributed by atoms with Gasteiger partial charge < -0.3 is 5.73 Å². The fraction of sp³-hybridized carbons (Fsp3) is 0.0714. The molecule has 0 aliphatic carbocycles. The second-order valence-electron chi connectivity index (χ2n) is 3.90. The molecule has 0 saturated heterocycles. The lowest BCUT2D eigenvalue weighted by atomic mass is 10.1. The Hall–Kier alpha value is -2.53. The van der Waals surface area contributed by atoms with E-state index >= 15 is 0 Å². The van der Waals surface area contributed by atoms with E-state index in [-0.39, 0.29) is 0 Å². The molecule has 0 saturated carbocycles. The van der Waals surface area contributed by atoms with Gasteiger partial charge in [-0.3, -0.25) is 20.3 Å². The van der Waals surface area contributed by atoms with Gasteiger partial charge in [0.1, 0.15) is 17.6 Å². The lowest BCUT2D eigenvalue weighted by Gasteiger charge is -1.95. The minimum atomic E-state index is -0.701. The van der Waals surface area contributed by atoms with E-state index in [0.29, 0.717) is 0 Å². The fourth-order valence-corrected chi connectivity index (χ4v) is 1.30. The summed E-state index contributed by atoms with van der Waals surface area (Å²) in [6, 6.07) is 7.74. The van der Waals surface area contributed by atoms with Gasteiger partial charge >= 0.3 is 0 Å². The predicted octanol–water partition coefficient (Wildman–Crippen LogP) is 0.334. The van der Waals surface area contributed by atoms with Crippen LogP contribution in [0.3, 0.4) is 0 Å². The van der Waals surface area contributed by atoms with Crippen molar-refractivity contribution < 1.29 is 14.9 Å². The molecule has 0 radical (unpaired) electrons. The number of hydrogen-bond donors (Lipinski definition) is 3. The molecule has 0 heterocycles. The molecule has 0 fully saturated rings. The number of hydrogen-bond acceptors (Lipinski definition) is 4. The number of quaternary nitrogens is 1. The first-order valence-corrected chi connectivity index (χ1v) is 5.68. The summed E-state index contributed by atoms with van der Waals surface area (Å²) in [5.41, 5.74) is 6.51. The van der Waals surface area contributed by atoms with Crippen molar-refractivity contribution in [3.8, 4) is 0 Å². The summed E-state index contributed by atoms with van der Waals surface area (Å²) in [7, 11) is 0. The molecule has 0 aromatic heterocycles. The Morgan fingerprint density at radius 3 is 2.32 bits per heavy atom. The monoisotopic (exact) mass is 258 g/mol. The molecule has 0 spiro atoms. The van der Waals surface area contributed by atoms with E-state index in [1.54, 1.807) is 5.32 Å². The second kappa shape index (κ2) is 7.03. The van der Waals surface area contributed by atoms with Crippen LogP contribution >= 0.6 is 0 Å². The van der Waals surface area contributed by atoms with Gasteiger partial charge in [0.2, 0.25) is 11.6 Å².